The fraction of sp³-hybridized carbons (Fsp3) is 0.278. The highest BCUT2D eigenvalue weighted by Crippen LogP contribution is 2.28. The summed E-state index contributed by atoms with van der Waals surface area (Å²) in [6.45, 7) is 0.485. The monoisotopic (exact) mass is 446 g/mol. The number of sulfonamides is 1. The van der Waals surface area contributed by atoms with Crippen molar-refractivity contribution >= 4 is 56.4 Å². The molecule has 0 aromatic heterocycles. The van der Waals surface area contributed by atoms with Crippen molar-refractivity contribution < 1.29 is 13.2 Å². The van der Waals surface area contributed by atoms with Gasteiger partial charge in [0, 0.05) is 23.1 Å². The Labute approximate surface area is 173 Å². The van der Waals surface area contributed by atoms with Crippen LogP contribution in [0, 0.1) is 5.92 Å². The second-order valence-electron chi connectivity index (χ2n) is 6.27. The highest BCUT2D eigenvalue weighted by molar-refractivity contribution is 7.89. The van der Waals surface area contributed by atoms with Gasteiger partial charge in [0.25, 0.3) is 0 Å². The van der Waals surface area contributed by atoms with Gasteiger partial charge in [-0.25, -0.2) is 8.42 Å². The molecule has 1 atom stereocenters. The zero-order valence-corrected chi connectivity index (χ0v) is 17.2. The standard InChI is InChI=1S/C18H17Cl3N2O3S/c19-13-3-6-15(7-4-13)27(25,26)23-9-1-2-12(11-23)18(24)22-17-8-5-14(20)10-16(17)21/h3-8,10,12H,1-2,9,11H2,(H,22,24). The summed E-state index contributed by atoms with van der Waals surface area (Å²) in [5, 5.41) is 4.02. The van der Waals surface area contributed by atoms with Gasteiger partial charge < -0.3 is 5.32 Å². The summed E-state index contributed by atoms with van der Waals surface area (Å²) in [5.74, 6) is -0.734. The van der Waals surface area contributed by atoms with E-state index in [1.807, 2.05) is 0 Å². The predicted octanol–water partition coefficient (Wildman–Crippen LogP) is 4.69. The number of benzene rings is 2. The Morgan fingerprint density at radius 1 is 1.04 bits per heavy atom. The molecule has 0 bridgehead atoms. The van der Waals surface area contributed by atoms with Crippen LogP contribution in [-0.2, 0) is 14.8 Å². The van der Waals surface area contributed by atoms with E-state index >= 15 is 0 Å². The maximum absolute atomic E-state index is 12.8. The number of hydrogen-bond donors (Lipinski definition) is 1. The number of carbonyl (C=O) groups excluding carboxylic acids is 1. The van der Waals surface area contributed by atoms with Gasteiger partial charge in [0.15, 0.2) is 0 Å². The minimum Gasteiger partial charge on any atom is -0.324 e. The van der Waals surface area contributed by atoms with Crippen molar-refractivity contribution in [2.45, 2.75) is 17.7 Å². The Morgan fingerprint density at radius 3 is 2.37 bits per heavy atom. The lowest BCUT2D eigenvalue weighted by Gasteiger charge is -2.31. The minimum atomic E-state index is -3.68. The van der Waals surface area contributed by atoms with Crippen LogP contribution in [0.2, 0.25) is 15.1 Å². The molecular formula is C18H17Cl3N2O3S. The molecule has 2 aromatic rings. The van der Waals surface area contributed by atoms with E-state index in [0.29, 0.717) is 40.1 Å². The first kappa shape index (κ1) is 20.4. The summed E-state index contributed by atoms with van der Waals surface area (Å²) in [4.78, 5) is 12.8. The Kier molecular flexibility index (Phi) is 6.33. The second-order valence-corrected chi connectivity index (χ2v) is 9.49. The number of amides is 1. The predicted molar refractivity (Wildman–Crippen MR) is 108 cm³/mol. The van der Waals surface area contributed by atoms with E-state index in [1.54, 1.807) is 12.1 Å². The number of nitrogens with one attached hydrogen (secondary N) is 1. The minimum absolute atomic E-state index is 0.113. The van der Waals surface area contributed by atoms with Crippen LogP contribution in [0.25, 0.3) is 0 Å². The Bertz CT molecular complexity index is 949. The second kappa shape index (κ2) is 8.37. The van der Waals surface area contributed by atoms with Gasteiger partial charge in [-0.2, -0.15) is 4.31 Å². The first-order valence-corrected chi connectivity index (χ1v) is 10.9. The van der Waals surface area contributed by atoms with Gasteiger partial charge in [-0.15, -0.1) is 0 Å². The number of piperidine rings is 1. The van der Waals surface area contributed by atoms with Gasteiger partial charge in [0.05, 0.1) is 21.5 Å². The first-order valence-electron chi connectivity index (χ1n) is 8.29. The van der Waals surface area contributed by atoms with Crippen LogP contribution in [0.3, 0.4) is 0 Å². The number of carbonyl (C=O) groups is 1. The number of nitrogens with zero attached hydrogens (tertiary/aromatic N) is 1. The van der Waals surface area contributed by atoms with E-state index in [-0.39, 0.29) is 17.3 Å². The van der Waals surface area contributed by atoms with E-state index in [1.165, 1.54) is 34.6 Å². The quantitative estimate of drug-likeness (QED) is 0.739. The molecule has 1 amide bonds. The van der Waals surface area contributed by atoms with Crippen LogP contribution < -0.4 is 5.32 Å². The normalized spacial score (nSPS) is 18.3. The molecule has 3 rings (SSSR count). The number of hydrogen-bond acceptors (Lipinski definition) is 3. The van der Waals surface area contributed by atoms with Crippen molar-refractivity contribution in [3.05, 3.63) is 57.5 Å². The summed E-state index contributed by atoms with van der Waals surface area (Å²) in [6, 6.07) is 10.8. The molecule has 27 heavy (non-hydrogen) atoms. The van der Waals surface area contributed by atoms with Crippen molar-refractivity contribution in [1.29, 1.82) is 0 Å². The lowest BCUT2D eigenvalue weighted by molar-refractivity contribution is -0.120. The number of halogens is 3. The molecule has 1 N–H and O–H groups in total. The molecule has 0 spiro atoms. The van der Waals surface area contributed by atoms with Crippen LogP contribution >= 0.6 is 34.8 Å². The van der Waals surface area contributed by atoms with Crippen molar-refractivity contribution in [3.63, 3.8) is 0 Å². The average Bonchev–Trinajstić information content (AvgIpc) is 2.64. The Morgan fingerprint density at radius 2 is 1.70 bits per heavy atom. The summed E-state index contributed by atoms with van der Waals surface area (Å²) in [7, 11) is -3.68. The molecule has 0 radical (unpaired) electrons. The molecule has 1 fully saturated rings. The van der Waals surface area contributed by atoms with E-state index in [2.05, 4.69) is 5.32 Å². The van der Waals surface area contributed by atoms with Crippen molar-refractivity contribution in [2.75, 3.05) is 18.4 Å². The Hall–Kier alpha value is -1.31. The third-order valence-electron chi connectivity index (χ3n) is 4.40. The van der Waals surface area contributed by atoms with Gasteiger partial charge >= 0.3 is 0 Å². The molecule has 1 heterocycles. The number of anilines is 1. The molecule has 9 heteroatoms. The summed E-state index contributed by atoms with van der Waals surface area (Å²) in [6.07, 6.45) is 1.20. The van der Waals surface area contributed by atoms with Crippen LogP contribution in [0.15, 0.2) is 47.4 Å². The highest BCUT2D eigenvalue weighted by Gasteiger charge is 2.33. The van der Waals surface area contributed by atoms with E-state index in [4.69, 9.17) is 34.8 Å². The lowest BCUT2D eigenvalue weighted by atomic mass is 9.99. The van der Waals surface area contributed by atoms with Crippen molar-refractivity contribution in [3.8, 4) is 0 Å². The Balaban J connectivity index is 1.73. The fourth-order valence-corrected chi connectivity index (χ4v) is 5.06. The van der Waals surface area contributed by atoms with Crippen molar-refractivity contribution in [2.24, 2.45) is 5.92 Å². The zero-order chi connectivity index (χ0) is 19.6. The largest absolute Gasteiger partial charge is 0.324 e. The van der Waals surface area contributed by atoms with Gasteiger partial charge in [0.2, 0.25) is 15.9 Å². The van der Waals surface area contributed by atoms with Crippen LogP contribution in [0.1, 0.15) is 12.8 Å². The van der Waals surface area contributed by atoms with Gasteiger partial charge in [-0.1, -0.05) is 34.8 Å². The van der Waals surface area contributed by atoms with Gasteiger partial charge in [-0.3, -0.25) is 4.79 Å². The highest BCUT2D eigenvalue weighted by atomic mass is 35.5. The molecule has 144 valence electrons. The van der Waals surface area contributed by atoms with E-state index in [9.17, 15) is 13.2 Å². The summed E-state index contributed by atoms with van der Waals surface area (Å²) >= 11 is 17.8. The van der Waals surface area contributed by atoms with Gasteiger partial charge in [0.1, 0.15) is 0 Å². The molecular weight excluding hydrogens is 431 g/mol. The molecule has 1 aliphatic rings. The summed E-state index contributed by atoms with van der Waals surface area (Å²) < 4.78 is 27.0. The number of rotatable bonds is 4. The zero-order valence-electron chi connectivity index (χ0n) is 14.2. The van der Waals surface area contributed by atoms with Crippen LogP contribution in [-0.4, -0.2) is 31.7 Å². The SMILES string of the molecule is O=C(Nc1ccc(Cl)cc1Cl)C1CCCN(S(=O)(=O)c2ccc(Cl)cc2)C1. The molecule has 2 aromatic carbocycles. The van der Waals surface area contributed by atoms with E-state index in [0.717, 1.165) is 0 Å². The smallest absolute Gasteiger partial charge is 0.243 e. The maximum atomic E-state index is 12.8. The average molecular weight is 448 g/mol. The summed E-state index contributed by atoms with van der Waals surface area (Å²) in [5.41, 5.74) is 0.448. The first-order chi connectivity index (χ1) is 12.8. The molecule has 1 aliphatic heterocycles. The third kappa shape index (κ3) is 4.76. The topological polar surface area (TPSA) is 66.5 Å². The molecule has 1 unspecified atom stereocenters. The fourth-order valence-electron chi connectivity index (χ4n) is 2.96. The van der Waals surface area contributed by atoms with Crippen LogP contribution in [0.4, 0.5) is 5.69 Å². The lowest BCUT2D eigenvalue weighted by Crippen LogP contribution is -2.43. The molecule has 0 saturated carbocycles. The molecule has 5 nitrogen and oxygen atoms in total. The van der Waals surface area contributed by atoms with Gasteiger partial charge in [-0.05, 0) is 55.3 Å². The molecule has 0 aliphatic carbocycles. The maximum Gasteiger partial charge on any atom is 0.243 e. The molecule has 1 saturated heterocycles. The van der Waals surface area contributed by atoms with E-state index < -0.39 is 15.9 Å². The van der Waals surface area contributed by atoms with Crippen molar-refractivity contribution in [1.82, 2.24) is 4.31 Å². The van der Waals surface area contributed by atoms with Crippen LogP contribution in [0.5, 0.6) is 0 Å². The third-order valence-corrected chi connectivity index (χ3v) is 7.07.